The number of aromatic nitrogens is 2. The van der Waals surface area contributed by atoms with Gasteiger partial charge in [0.15, 0.2) is 0 Å². The van der Waals surface area contributed by atoms with Gasteiger partial charge in [0.25, 0.3) is 0 Å². The lowest BCUT2D eigenvalue weighted by atomic mass is 9.82. The van der Waals surface area contributed by atoms with Gasteiger partial charge in [0.05, 0.1) is 31.3 Å². The summed E-state index contributed by atoms with van der Waals surface area (Å²) in [7, 11) is 1.67. The van der Waals surface area contributed by atoms with Gasteiger partial charge in [-0.3, -0.25) is 4.79 Å². The van der Waals surface area contributed by atoms with Gasteiger partial charge in [-0.25, -0.2) is 4.98 Å². The molecule has 2 aliphatic rings. The van der Waals surface area contributed by atoms with Gasteiger partial charge in [-0.15, -0.1) is 0 Å². The van der Waals surface area contributed by atoms with Crippen LogP contribution in [-0.4, -0.2) is 52.5 Å². The molecule has 0 aliphatic heterocycles. The molecule has 0 unspecified atom stereocenters. The molecule has 26 heavy (non-hydrogen) atoms. The topological polar surface area (TPSA) is 88.4 Å². The molecule has 2 saturated carbocycles. The first kappa shape index (κ1) is 19.3. The second kappa shape index (κ2) is 9.48. The zero-order valence-corrected chi connectivity index (χ0v) is 15.7. The summed E-state index contributed by atoms with van der Waals surface area (Å²) in [5, 5.41) is 17.0. The van der Waals surface area contributed by atoms with E-state index < -0.39 is 0 Å². The van der Waals surface area contributed by atoms with E-state index >= 15 is 0 Å². The van der Waals surface area contributed by atoms with Gasteiger partial charge in [0.1, 0.15) is 0 Å². The Kier molecular flexibility index (Phi) is 7.05. The van der Waals surface area contributed by atoms with Gasteiger partial charge in [0, 0.05) is 37.9 Å². The third kappa shape index (κ3) is 5.05. The summed E-state index contributed by atoms with van der Waals surface area (Å²) < 4.78 is 7.10. The molecule has 1 aromatic rings. The lowest BCUT2D eigenvalue weighted by molar-refractivity contribution is -0.127. The Bertz CT molecular complexity index is 571. The molecule has 7 heteroatoms. The first-order valence-electron chi connectivity index (χ1n) is 9.87. The first-order valence-corrected chi connectivity index (χ1v) is 9.87. The van der Waals surface area contributed by atoms with Crippen molar-refractivity contribution in [3.63, 3.8) is 0 Å². The van der Waals surface area contributed by atoms with Gasteiger partial charge in [-0.05, 0) is 32.1 Å². The van der Waals surface area contributed by atoms with Crippen LogP contribution in [0.15, 0.2) is 12.5 Å². The second-order valence-corrected chi connectivity index (χ2v) is 7.62. The van der Waals surface area contributed by atoms with E-state index in [2.05, 4.69) is 15.6 Å². The minimum Gasteiger partial charge on any atom is -0.392 e. The van der Waals surface area contributed by atoms with Crippen LogP contribution in [-0.2, 0) is 22.6 Å². The maximum atomic E-state index is 12.6. The highest BCUT2D eigenvalue weighted by Crippen LogP contribution is 2.27. The molecule has 7 nitrogen and oxygen atoms in total. The van der Waals surface area contributed by atoms with Crippen molar-refractivity contribution in [3.8, 4) is 0 Å². The van der Waals surface area contributed by atoms with E-state index in [-0.39, 0.29) is 24.0 Å². The van der Waals surface area contributed by atoms with E-state index in [4.69, 9.17) is 4.74 Å². The number of nitrogens with one attached hydrogen (secondary N) is 2. The van der Waals surface area contributed by atoms with Crippen molar-refractivity contribution in [2.24, 2.45) is 5.92 Å². The van der Waals surface area contributed by atoms with E-state index in [1.807, 2.05) is 4.57 Å². The summed E-state index contributed by atoms with van der Waals surface area (Å²) >= 11 is 0. The minimum atomic E-state index is -0.338. The lowest BCUT2D eigenvalue weighted by Gasteiger charge is -2.35. The molecule has 146 valence electrons. The zero-order chi connectivity index (χ0) is 18.4. The van der Waals surface area contributed by atoms with Gasteiger partial charge >= 0.3 is 0 Å². The molecular weight excluding hydrogens is 332 g/mol. The number of nitrogens with zero attached hydrogens (tertiary/aromatic N) is 2. The summed E-state index contributed by atoms with van der Waals surface area (Å²) in [6.45, 7) is 1.82. The van der Waals surface area contributed by atoms with Crippen LogP contribution in [0.5, 0.6) is 0 Å². The average molecular weight is 364 g/mol. The molecule has 0 spiro atoms. The number of hydrogen-bond acceptors (Lipinski definition) is 5. The fourth-order valence-corrected chi connectivity index (χ4v) is 4.18. The normalized spacial score (nSPS) is 26.9. The summed E-state index contributed by atoms with van der Waals surface area (Å²) in [5.41, 5.74) is 0.979. The van der Waals surface area contributed by atoms with Crippen LogP contribution in [0.2, 0.25) is 0 Å². The Morgan fingerprint density at radius 3 is 2.92 bits per heavy atom. The number of hydrogen-bond donors (Lipinski definition) is 3. The van der Waals surface area contributed by atoms with Crippen molar-refractivity contribution in [1.29, 1.82) is 0 Å². The standard InChI is InChI=1S/C19H32N4O3/c1-26-9-8-23-13-20-11-16(23)12-21-19(25)14-6-7-18(24)17(10-14)22-15-4-2-3-5-15/h11,13-15,17-18,22,24H,2-10,12H2,1H3,(H,21,25)/t14-,17+,18+/m0/s1. The molecule has 1 heterocycles. The first-order chi connectivity index (χ1) is 12.7. The molecular formula is C19H32N4O3. The zero-order valence-electron chi connectivity index (χ0n) is 15.7. The highest BCUT2D eigenvalue weighted by molar-refractivity contribution is 5.78. The molecule has 0 radical (unpaired) electrons. The molecule has 3 atom stereocenters. The highest BCUT2D eigenvalue weighted by atomic mass is 16.5. The molecule has 0 bridgehead atoms. The number of carbonyl (C=O) groups excluding carboxylic acids is 1. The number of carbonyl (C=O) groups is 1. The molecule has 2 aliphatic carbocycles. The second-order valence-electron chi connectivity index (χ2n) is 7.62. The van der Waals surface area contributed by atoms with Crippen molar-refractivity contribution in [2.45, 2.75) is 76.2 Å². The molecule has 0 aromatic carbocycles. The average Bonchev–Trinajstić information content (AvgIpc) is 3.31. The molecule has 3 rings (SSSR count). The maximum Gasteiger partial charge on any atom is 0.223 e. The number of rotatable bonds is 8. The summed E-state index contributed by atoms with van der Waals surface area (Å²) in [5.74, 6) is 0.0438. The van der Waals surface area contributed by atoms with E-state index in [0.717, 1.165) is 18.7 Å². The quantitative estimate of drug-likeness (QED) is 0.645. The minimum absolute atomic E-state index is 0.0346. The van der Waals surface area contributed by atoms with Gasteiger partial charge in [-0.2, -0.15) is 0 Å². The summed E-state index contributed by atoms with van der Waals surface area (Å²) in [6.07, 6.45) is 10.3. The van der Waals surface area contributed by atoms with Gasteiger partial charge in [0.2, 0.25) is 5.91 Å². The number of methoxy groups -OCH3 is 1. The molecule has 0 saturated heterocycles. The fraction of sp³-hybridized carbons (Fsp3) is 0.789. The molecule has 1 amide bonds. The number of aliphatic hydroxyl groups excluding tert-OH is 1. The van der Waals surface area contributed by atoms with E-state index in [1.165, 1.54) is 25.7 Å². The predicted octanol–water partition coefficient (Wildman–Crippen LogP) is 1.21. The SMILES string of the molecule is COCCn1cncc1CNC(=O)[C@H]1CC[C@@H](O)[C@H](NC2CCCC2)C1. The van der Waals surface area contributed by atoms with Crippen LogP contribution < -0.4 is 10.6 Å². The Balaban J connectivity index is 1.48. The van der Waals surface area contributed by atoms with Crippen molar-refractivity contribution >= 4 is 5.91 Å². The van der Waals surface area contributed by atoms with Crippen LogP contribution in [0, 0.1) is 5.92 Å². The van der Waals surface area contributed by atoms with E-state index in [0.29, 0.717) is 32.0 Å². The summed E-state index contributed by atoms with van der Waals surface area (Å²) in [4.78, 5) is 16.8. The highest BCUT2D eigenvalue weighted by Gasteiger charge is 2.34. The molecule has 3 N–H and O–H groups in total. The Morgan fingerprint density at radius 1 is 1.35 bits per heavy atom. The van der Waals surface area contributed by atoms with Crippen LogP contribution >= 0.6 is 0 Å². The third-order valence-corrected chi connectivity index (χ3v) is 5.77. The largest absolute Gasteiger partial charge is 0.392 e. The van der Waals surface area contributed by atoms with Crippen LogP contribution in [0.4, 0.5) is 0 Å². The number of aliphatic hydroxyl groups is 1. The van der Waals surface area contributed by atoms with Crippen molar-refractivity contribution in [1.82, 2.24) is 20.2 Å². The van der Waals surface area contributed by atoms with E-state index in [1.54, 1.807) is 19.6 Å². The number of imidazole rings is 1. The van der Waals surface area contributed by atoms with Crippen molar-refractivity contribution in [3.05, 3.63) is 18.2 Å². The smallest absolute Gasteiger partial charge is 0.223 e. The Morgan fingerprint density at radius 2 is 2.15 bits per heavy atom. The predicted molar refractivity (Wildman–Crippen MR) is 98.5 cm³/mol. The number of ether oxygens (including phenoxy) is 1. The monoisotopic (exact) mass is 364 g/mol. The Hall–Kier alpha value is -1.44. The van der Waals surface area contributed by atoms with Gasteiger partial charge in [-0.1, -0.05) is 12.8 Å². The molecule has 1 aromatic heterocycles. The Labute approximate surface area is 155 Å². The number of amides is 1. The summed E-state index contributed by atoms with van der Waals surface area (Å²) in [6, 6.07) is 0.543. The van der Waals surface area contributed by atoms with Crippen molar-refractivity contribution < 1.29 is 14.6 Å². The van der Waals surface area contributed by atoms with Crippen LogP contribution in [0.25, 0.3) is 0 Å². The maximum absolute atomic E-state index is 12.6. The lowest BCUT2D eigenvalue weighted by Crippen LogP contribution is -2.50. The fourth-order valence-electron chi connectivity index (χ4n) is 4.18. The third-order valence-electron chi connectivity index (χ3n) is 5.77. The molecule has 2 fully saturated rings. The van der Waals surface area contributed by atoms with Crippen LogP contribution in [0.3, 0.4) is 0 Å². The van der Waals surface area contributed by atoms with E-state index in [9.17, 15) is 9.90 Å². The van der Waals surface area contributed by atoms with Crippen LogP contribution in [0.1, 0.15) is 50.6 Å². The van der Waals surface area contributed by atoms with Gasteiger partial charge < -0.3 is 25.0 Å². The van der Waals surface area contributed by atoms with Crippen molar-refractivity contribution in [2.75, 3.05) is 13.7 Å².